The second-order valence-corrected chi connectivity index (χ2v) is 5.41. The van der Waals surface area contributed by atoms with E-state index < -0.39 is 0 Å². The minimum Gasteiger partial charge on any atom is -0.308 e. The maximum Gasteiger partial charge on any atom is 0.129 e. The average molecular weight is 263 g/mol. The maximum absolute atomic E-state index is 13.7. The minimum absolute atomic E-state index is 0.310. The van der Waals surface area contributed by atoms with Crippen LogP contribution in [0.1, 0.15) is 25.0 Å². The molecule has 3 nitrogen and oxygen atoms in total. The second kappa shape index (κ2) is 7.22. The number of nitrogens with zero attached hydrogens (tertiary/aromatic N) is 2. The van der Waals surface area contributed by atoms with Gasteiger partial charge in [-0.2, -0.15) is 5.26 Å². The van der Waals surface area contributed by atoms with Crippen LogP contribution in [-0.4, -0.2) is 31.6 Å². The molecule has 0 aliphatic carbocycles. The summed E-state index contributed by atoms with van der Waals surface area (Å²) in [5, 5.41) is 12.1. The topological polar surface area (TPSA) is 39.1 Å². The van der Waals surface area contributed by atoms with Gasteiger partial charge >= 0.3 is 0 Å². The Hall–Kier alpha value is -1.44. The first-order valence-electron chi connectivity index (χ1n) is 6.50. The highest BCUT2D eigenvalue weighted by Gasteiger charge is 2.14. The van der Waals surface area contributed by atoms with Gasteiger partial charge in [0.25, 0.3) is 0 Å². The third-order valence-corrected chi connectivity index (χ3v) is 3.10. The molecule has 1 unspecified atom stereocenters. The van der Waals surface area contributed by atoms with Crippen molar-refractivity contribution in [1.29, 1.82) is 5.26 Å². The van der Waals surface area contributed by atoms with Gasteiger partial charge < -0.3 is 10.2 Å². The van der Waals surface area contributed by atoms with E-state index in [1.807, 2.05) is 20.2 Å². The van der Waals surface area contributed by atoms with Crippen molar-refractivity contribution >= 4 is 0 Å². The summed E-state index contributed by atoms with van der Waals surface area (Å²) in [7, 11) is 4.05. The van der Waals surface area contributed by atoms with Crippen LogP contribution in [0.5, 0.6) is 0 Å². The first kappa shape index (κ1) is 15.6. The average Bonchev–Trinajstić information content (AvgIpc) is 2.34. The Morgan fingerprint density at radius 2 is 2.05 bits per heavy atom. The molecule has 1 aromatic carbocycles. The van der Waals surface area contributed by atoms with Crippen LogP contribution in [0.2, 0.25) is 0 Å². The first-order valence-corrected chi connectivity index (χ1v) is 6.50. The van der Waals surface area contributed by atoms with Crippen molar-refractivity contribution in [2.45, 2.75) is 26.4 Å². The molecule has 4 heteroatoms. The molecule has 0 saturated carbocycles. The van der Waals surface area contributed by atoms with Gasteiger partial charge in [-0.05, 0) is 32.1 Å². The van der Waals surface area contributed by atoms with Crippen LogP contribution in [0.4, 0.5) is 4.39 Å². The molecule has 0 saturated heterocycles. The Morgan fingerprint density at radius 1 is 1.37 bits per heavy atom. The van der Waals surface area contributed by atoms with Crippen LogP contribution in [0.3, 0.4) is 0 Å². The van der Waals surface area contributed by atoms with E-state index in [2.05, 4.69) is 24.1 Å². The fourth-order valence-corrected chi connectivity index (χ4v) is 1.91. The summed E-state index contributed by atoms with van der Waals surface area (Å²) >= 11 is 0. The number of rotatable bonds is 6. The van der Waals surface area contributed by atoms with Crippen LogP contribution in [-0.2, 0) is 6.54 Å². The second-order valence-electron chi connectivity index (χ2n) is 5.41. The molecule has 104 valence electrons. The summed E-state index contributed by atoms with van der Waals surface area (Å²) < 4.78 is 13.7. The molecular weight excluding hydrogens is 241 g/mol. The van der Waals surface area contributed by atoms with Gasteiger partial charge in [0.2, 0.25) is 0 Å². The number of likely N-dealkylation sites (N-methyl/N-ethyl adjacent to an activating group) is 1. The van der Waals surface area contributed by atoms with Gasteiger partial charge in [0.15, 0.2) is 0 Å². The van der Waals surface area contributed by atoms with Crippen LogP contribution >= 0.6 is 0 Å². The molecule has 1 aromatic rings. The molecule has 0 amide bonds. The molecule has 0 bridgehead atoms. The number of nitrogens with one attached hydrogen (secondary N) is 1. The first-order chi connectivity index (χ1) is 8.93. The van der Waals surface area contributed by atoms with Crippen molar-refractivity contribution in [3.63, 3.8) is 0 Å². The van der Waals surface area contributed by atoms with Crippen LogP contribution < -0.4 is 5.32 Å². The summed E-state index contributed by atoms with van der Waals surface area (Å²) in [6.45, 7) is 5.69. The summed E-state index contributed by atoms with van der Waals surface area (Å²) in [4.78, 5) is 2.12. The molecule has 0 radical (unpaired) electrons. The fourth-order valence-electron chi connectivity index (χ4n) is 1.91. The van der Waals surface area contributed by atoms with E-state index in [9.17, 15) is 4.39 Å². The lowest BCUT2D eigenvalue weighted by Gasteiger charge is -2.25. The molecule has 0 aromatic heterocycles. The van der Waals surface area contributed by atoms with E-state index in [1.54, 1.807) is 12.1 Å². The number of hydrogen-bond donors (Lipinski definition) is 1. The SMILES string of the molecule is CC(C)C(CN(C)C)NCc1ccc(C#N)cc1F. The smallest absolute Gasteiger partial charge is 0.129 e. The molecule has 0 aliphatic heterocycles. The Morgan fingerprint density at radius 3 is 2.53 bits per heavy atom. The molecule has 0 heterocycles. The highest BCUT2D eigenvalue weighted by molar-refractivity contribution is 5.32. The molecule has 19 heavy (non-hydrogen) atoms. The summed E-state index contributed by atoms with van der Waals surface area (Å²) in [6, 6.07) is 6.86. The number of halogens is 1. The standard InChI is InChI=1S/C15H22FN3/c1-11(2)15(10-19(3)4)18-9-13-6-5-12(8-17)7-14(13)16/h5-7,11,15,18H,9-10H2,1-4H3. The Labute approximate surface area is 115 Å². The fraction of sp³-hybridized carbons (Fsp3) is 0.533. The van der Waals surface area contributed by atoms with Gasteiger partial charge in [-0.1, -0.05) is 19.9 Å². The van der Waals surface area contributed by atoms with Crippen molar-refractivity contribution in [2.75, 3.05) is 20.6 Å². The van der Waals surface area contributed by atoms with Crippen LogP contribution in [0.25, 0.3) is 0 Å². The molecule has 0 aliphatic rings. The zero-order valence-corrected chi connectivity index (χ0v) is 12.1. The quantitative estimate of drug-likeness (QED) is 0.856. The Balaban J connectivity index is 2.67. The van der Waals surface area contributed by atoms with Crippen molar-refractivity contribution in [3.05, 3.63) is 35.1 Å². The highest BCUT2D eigenvalue weighted by Crippen LogP contribution is 2.11. The van der Waals surface area contributed by atoms with Crippen molar-refractivity contribution in [3.8, 4) is 6.07 Å². The monoisotopic (exact) mass is 263 g/mol. The predicted molar refractivity (Wildman–Crippen MR) is 75.1 cm³/mol. The lowest BCUT2D eigenvalue weighted by atomic mass is 10.0. The molecule has 0 fully saturated rings. The zero-order valence-electron chi connectivity index (χ0n) is 12.1. The third-order valence-electron chi connectivity index (χ3n) is 3.10. The van der Waals surface area contributed by atoms with E-state index >= 15 is 0 Å². The van der Waals surface area contributed by atoms with Gasteiger partial charge in [-0.15, -0.1) is 0 Å². The van der Waals surface area contributed by atoms with Crippen molar-refractivity contribution < 1.29 is 4.39 Å². The zero-order chi connectivity index (χ0) is 14.4. The minimum atomic E-state index is -0.320. The lowest BCUT2D eigenvalue weighted by molar-refractivity contribution is 0.287. The summed E-state index contributed by atoms with van der Waals surface area (Å²) in [6.07, 6.45) is 0. The Bertz CT molecular complexity index is 449. The van der Waals surface area contributed by atoms with Gasteiger partial charge in [0.05, 0.1) is 11.6 Å². The van der Waals surface area contributed by atoms with E-state index in [0.717, 1.165) is 6.54 Å². The number of hydrogen-bond acceptors (Lipinski definition) is 3. The lowest BCUT2D eigenvalue weighted by Crippen LogP contribution is -2.41. The van der Waals surface area contributed by atoms with E-state index in [0.29, 0.717) is 29.6 Å². The molecule has 0 spiro atoms. The third kappa shape index (κ3) is 4.98. The maximum atomic E-state index is 13.7. The van der Waals surface area contributed by atoms with Crippen molar-refractivity contribution in [1.82, 2.24) is 10.2 Å². The normalized spacial score (nSPS) is 12.7. The summed E-state index contributed by atoms with van der Waals surface area (Å²) in [5.41, 5.74) is 0.957. The van der Waals surface area contributed by atoms with Gasteiger partial charge in [-0.3, -0.25) is 0 Å². The molecule has 1 atom stereocenters. The molecule has 1 N–H and O–H groups in total. The highest BCUT2D eigenvalue weighted by atomic mass is 19.1. The van der Waals surface area contributed by atoms with Gasteiger partial charge in [0.1, 0.15) is 5.82 Å². The predicted octanol–water partition coefficient (Wildman–Crippen LogP) is 2.37. The van der Waals surface area contributed by atoms with Crippen LogP contribution in [0, 0.1) is 23.1 Å². The van der Waals surface area contributed by atoms with E-state index in [1.165, 1.54) is 6.07 Å². The van der Waals surface area contributed by atoms with E-state index in [4.69, 9.17) is 5.26 Å². The molecular formula is C15H22FN3. The van der Waals surface area contributed by atoms with Gasteiger partial charge in [-0.25, -0.2) is 4.39 Å². The molecule has 1 rings (SSSR count). The van der Waals surface area contributed by atoms with E-state index in [-0.39, 0.29) is 5.82 Å². The number of nitriles is 1. The number of benzene rings is 1. The Kier molecular flexibility index (Phi) is 5.94. The summed E-state index contributed by atoms with van der Waals surface area (Å²) in [5.74, 6) is 0.155. The largest absolute Gasteiger partial charge is 0.308 e. The van der Waals surface area contributed by atoms with Gasteiger partial charge in [0, 0.05) is 24.7 Å². The van der Waals surface area contributed by atoms with Crippen LogP contribution in [0.15, 0.2) is 18.2 Å². The van der Waals surface area contributed by atoms with Crippen molar-refractivity contribution in [2.24, 2.45) is 5.92 Å².